The van der Waals surface area contributed by atoms with Gasteiger partial charge in [-0.05, 0) is 84.2 Å². The summed E-state index contributed by atoms with van der Waals surface area (Å²) in [6.45, 7) is 2.33. The Balaban J connectivity index is 1.75. The van der Waals surface area contributed by atoms with Crippen molar-refractivity contribution >= 4 is 15.9 Å². The van der Waals surface area contributed by atoms with E-state index in [0.29, 0.717) is 5.92 Å². The van der Waals surface area contributed by atoms with Crippen LogP contribution in [0.25, 0.3) is 0 Å². The van der Waals surface area contributed by atoms with Crippen molar-refractivity contribution in [2.75, 3.05) is 0 Å². The zero-order valence-corrected chi connectivity index (χ0v) is 13.1. The lowest BCUT2D eigenvalue weighted by molar-refractivity contribution is 0.154. The lowest BCUT2D eigenvalue weighted by Crippen LogP contribution is -2.25. The van der Waals surface area contributed by atoms with E-state index in [-0.39, 0.29) is 4.74 Å². The average molecular weight is 317 g/mol. The van der Waals surface area contributed by atoms with Crippen molar-refractivity contribution in [3.8, 4) is 0 Å². The summed E-state index contributed by atoms with van der Waals surface area (Å²) in [6.07, 6.45) is 14.0. The molecule has 2 aliphatic carbocycles. The first-order valence-electron chi connectivity index (χ1n) is 7.71. The van der Waals surface area contributed by atoms with Crippen LogP contribution in [-0.2, 0) is 0 Å². The molecule has 18 heavy (non-hydrogen) atoms. The third-order valence-corrected chi connectivity index (χ3v) is 5.58. The van der Waals surface area contributed by atoms with Crippen molar-refractivity contribution in [1.29, 1.82) is 0 Å². The summed E-state index contributed by atoms with van der Waals surface area (Å²) in [5.41, 5.74) is 0. The fourth-order valence-corrected chi connectivity index (χ4v) is 4.40. The average Bonchev–Trinajstić information content (AvgIpc) is 2.39. The van der Waals surface area contributed by atoms with Gasteiger partial charge in [0, 0.05) is 0 Å². The second kappa shape index (κ2) is 7.07. The molecule has 2 rings (SSSR count). The molecule has 0 aliphatic heterocycles. The number of hydrogen-bond donors (Lipinski definition) is 0. The highest BCUT2D eigenvalue weighted by Crippen LogP contribution is 2.42. The zero-order chi connectivity index (χ0) is 13.0. The van der Waals surface area contributed by atoms with Crippen LogP contribution in [0.1, 0.15) is 64.7 Å². The molecular formula is C16H26BrF. The topological polar surface area (TPSA) is 0 Å². The van der Waals surface area contributed by atoms with Gasteiger partial charge in [0.25, 0.3) is 0 Å². The standard InChI is InChI=1S/C16H26BrF/c1-2-12-3-7-14(8-4-12)15-9-5-13(6-10-15)11-16(17)18/h11-15H,2-10H2,1H3/b16-11-. The van der Waals surface area contributed by atoms with Gasteiger partial charge in [0.1, 0.15) is 0 Å². The lowest BCUT2D eigenvalue weighted by Gasteiger charge is -2.37. The third kappa shape index (κ3) is 4.08. The third-order valence-electron chi connectivity index (χ3n) is 5.31. The van der Waals surface area contributed by atoms with E-state index in [1.54, 1.807) is 6.08 Å². The summed E-state index contributed by atoms with van der Waals surface area (Å²) < 4.78 is 12.6. The molecule has 2 heteroatoms. The zero-order valence-electron chi connectivity index (χ0n) is 11.5. The molecule has 0 bridgehead atoms. The van der Waals surface area contributed by atoms with Crippen LogP contribution in [0.4, 0.5) is 4.39 Å². The Labute approximate surface area is 120 Å². The summed E-state index contributed by atoms with van der Waals surface area (Å²) in [7, 11) is 0. The van der Waals surface area contributed by atoms with Crippen LogP contribution in [0, 0.1) is 23.7 Å². The first-order valence-corrected chi connectivity index (χ1v) is 8.51. The minimum Gasteiger partial charge on any atom is -0.199 e. The van der Waals surface area contributed by atoms with Gasteiger partial charge in [0.15, 0.2) is 4.74 Å². The maximum absolute atomic E-state index is 12.8. The molecule has 0 nitrogen and oxygen atoms in total. The van der Waals surface area contributed by atoms with E-state index in [0.717, 1.165) is 17.8 Å². The smallest absolute Gasteiger partial charge is 0.162 e. The molecule has 0 amide bonds. The van der Waals surface area contributed by atoms with Gasteiger partial charge in [-0.1, -0.05) is 26.2 Å². The van der Waals surface area contributed by atoms with Crippen LogP contribution in [0.2, 0.25) is 0 Å². The van der Waals surface area contributed by atoms with Gasteiger partial charge in [0.2, 0.25) is 0 Å². The summed E-state index contributed by atoms with van der Waals surface area (Å²) in [5, 5.41) is 0. The second-order valence-corrected chi connectivity index (χ2v) is 7.08. The fourth-order valence-electron chi connectivity index (χ4n) is 4.03. The van der Waals surface area contributed by atoms with E-state index < -0.39 is 0 Å². The van der Waals surface area contributed by atoms with Gasteiger partial charge in [-0.2, -0.15) is 4.39 Å². The highest BCUT2D eigenvalue weighted by Gasteiger charge is 2.29. The molecule has 0 aromatic rings. The Morgan fingerprint density at radius 3 is 1.94 bits per heavy atom. The maximum Gasteiger partial charge on any atom is 0.162 e. The quantitative estimate of drug-likeness (QED) is 0.580. The molecule has 104 valence electrons. The maximum atomic E-state index is 12.8. The van der Waals surface area contributed by atoms with Gasteiger partial charge in [-0.3, -0.25) is 0 Å². The minimum absolute atomic E-state index is 0.172. The Morgan fingerprint density at radius 2 is 1.50 bits per heavy atom. The SMILES string of the molecule is CCC1CCC(C2CCC(/C=C(\F)Br)CC2)CC1. The molecule has 0 atom stereocenters. The van der Waals surface area contributed by atoms with E-state index in [4.69, 9.17) is 0 Å². The van der Waals surface area contributed by atoms with Crippen LogP contribution >= 0.6 is 15.9 Å². The molecule has 0 unspecified atom stereocenters. The molecule has 2 fully saturated rings. The molecular weight excluding hydrogens is 291 g/mol. The highest BCUT2D eigenvalue weighted by molar-refractivity contribution is 9.11. The van der Waals surface area contributed by atoms with E-state index in [9.17, 15) is 4.39 Å². The summed E-state index contributed by atoms with van der Waals surface area (Å²) in [5.74, 6) is 3.40. The Hall–Kier alpha value is 0.150. The predicted molar refractivity (Wildman–Crippen MR) is 79.3 cm³/mol. The molecule has 0 aromatic carbocycles. The van der Waals surface area contributed by atoms with E-state index in [1.165, 1.54) is 57.8 Å². The number of allylic oxidation sites excluding steroid dienone is 1. The monoisotopic (exact) mass is 316 g/mol. The fraction of sp³-hybridized carbons (Fsp3) is 0.875. The van der Waals surface area contributed by atoms with Crippen molar-refractivity contribution in [3.05, 3.63) is 10.8 Å². The molecule has 2 saturated carbocycles. The highest BCUT2D eigenvalue weighted by atomic mass is 79.9. The Bertz CT molecular complexity index is 267. The van der Waals surface area contributed by atoms with Crippen molar-refractivity contribution < 1.29 is 4.39 Å². The molecule has 0 N–H and O–H groups in total. The van der Waals surface area contributed by atoms with Gasteiger partial charge in [-0.25, -0.2) is 0 Å². The van der Waals surface area contributed by atoms with E-state index >= 15 is 0 Å². The largest absolute Gasteiger partial charge is 0.199 e. The van der Waals surface area contributed by atoms with Crippen LogP contribution < -0.4 is 0 Å². The van der Waals surface area contributed by atoms with Gasteiger partial charge in [-0.15, -0.1) is 0 Å². The number of halogens is 2. The lowest BCUT2D eigenvalue weighted by atomic mass is 9.69. The molecule has 0 spiro atoms. The summed E-state index contributed by atoms with van der Waals surface area (Å²) >= 11 is 2.91. The van der Waals surface area contributed by atoms with Crippen molar-refractivity contribution in [2.24, 2.45) is 23.7 Å². The van der Waals surface area contributed by atoms with Gasteiger partial charge >= 0.3 is 0 Å². The number of rotatable bonds is 3. The van der Waals surface area contributed by atoms with Crippen LogP contribution in [0.3, 0.4) is 0 Å². The van der Waals surface area contributed by atoms with Gasteiger partial charge < -0.3 is 0 Å². The molecule has 2 aliphatic rings. The van der Waals surface area contributed by atoms with Crippen molar-refractivity contribution in [1.82, 2.24) is 0 Å². The Kier molecular flexibility index (Phi) is 5.72. The van der Waals surface area contributed by atoms with E-state index in [2.05, 4.69) is 22.9 Å². The first-order chi connectivity index (χ1) is 8.69. The Morgan fingerprint density at radius 1 is 1.00 bits per heavy atom. The predicted octanol–water partition coefficient (Wildman–Crippen LogP) is 6.22. The van der Waals surface area contributed by atoms with Crippen LogP contribution in [-0.4, -0.2) is 0 Å². The molecule has 0 radical (unpaired) electrons. The first kappa shape index (κ1) is 14.6. The van der Waals surface area contributed by atoms with Crippen molar-refractivity contribution in [2.45, 2.75) is 64.7 Å². The second-order valence-electron chi connectivity index (χ2n) is 6.32. The summed E-state index contributed by atoms with van der Waals surface area (Å²) in [6, 6.07) is 0. The van der Waals surface area contributed by atoms with E-state index in [1.807, 2.05) is 0 Å². The van der Waals surface area contributed by atoms with Crippen molar-refractivity contribution in [3.63, 3.8) is 0 Å². The number of hydrogen-bond acceptors (Lipinski definition) is 0. The minimum atomic E-state index is -0.172. The normalized spacial score (nSPS) is 38.7. The van der Waals surface area contributed by atoms with Crippen LogP contribution in [0.5, 0.6) is 0 Å². The molecule has 0 saturated heterocycles. The van der Waals surface area contributed by atoms with Gasteiger partial charge in [0.05, 0.1) is 0 Å². The molecule has 0 aromatic heterocycles. The van der Waals surface area contributed by atoms with Crippen LogP contribution in [0.15, 0.2) is 10.8 Å². The summed E-state index contributed by atoms with van der Waals surface area (Å²) in [4.78, 5) is 0. The molecule has 0 heterocycles.